The Morgan fingerprint density at radius 3 is 2.78 bits per heavy atom. The number of aromatic nitrogens is 1. The maximum absolute atomic E-state index is 6.09. The number of hydrogen-bond donors (Lipinski definition) is 1. The van der Waals surface area contributed by atoms with Crippen LogP contribution in [-0.2, 0) is 4.74 Å². The van der Waals surface area contributed by atoms with Crippen LogP contribution in [0.1, 0.15) is 12.8 Å². The maximum atomic E-state index is 6.09. The molecule has 0 radical (unpaired) electrons. The molecule has 1 fully saturated rings. The van der Waals surface area contributed by atoms with Crippen molar-refractivity contribution >= 4 is 40.8 Å². The molecular weight excluding hydrogens is 291 g/mol. The van der Waals surface area contributed by atoms with Crippen molar-refractivity contribution in [3.63, 3.8) is 0 Å². The van der Waals surface area contributed by atoms with Crippen molar-refractivity contribution in [1.29, 1.82) is 0 Å². The van der Waals surface area contributed by atoms with Crippen LogP contribution < -0.4 is 5.32 Å². The van der Waals surface area contributed by atoms with E-state index in [1.165, 1.54) is 0 Å². The molecule has 1 aliphatic rings. The number of halogens is 2. The van der Waals surface area contributed by atoms with E-state index in [0.717, 1.165) is 32.6 Å². The molecule has 1 aromatic rings. The summed E-state index contributed by atoms with van der Waals surface area (Å²) in [7, 11) is 0. The van der Waals surface area contributed by atoms with Crippen LogP contribution in [0.2, 0.25) is 10.0 Å². The molecule has 0 unspecified atom stereocenters. The van der Waals surface area contributed by atoms with Crippen molar-refractivity contribution in [1.82, 2.24) is 4.98 Å². The van der Waals surface area contributed by atoms with Crippen LogP contribution >= 0.6 is 35.0 Å². The zero-order chi connectivity index (χ0) is 13.0. The molecule has 18 heavy (non-hydrogen) atoms. The summed E-state index contributed by atoms with van der Waals surface area (Å²) in [6, 6.07) is 1.70. The highest BCUT2D eigenvalue weighted by atomic mass is 35.5. The van der Waals surface area contributed by atoms with Gasteiger partial charge in [-0.05, 0) is 25.2 Å². The van der Waals surface area contributed by atoms with Crippen molar-refractivity contribution in [2.45, 2.75) is 17.6 Å². The molecule has 1 aliphatic heterocycles. The zero-order valence-electron chi connectivity index (χ0n) is 10.2. The van der Waals surface area contributed by atoms with E-state index in [0.29, 0.717) is 15.9 Å². The summed E-state index contributed by atoms with van der Waals surface area (Å²) in [4.78, 5) is 4.21. The molecule has 1 aromatic heterocycles. The largest absolute Gasteiger partial charge is 0.381 e. The third-order valence-electron chi connectivity index (χ3n) is 3.22. The molecular formula is C12H16Cl2N2OS. The van der Waals surface area contributed by atoms with Gasteiger partial charge in [-0.25, -0.2) is 4.98 Å². The molecule has 0 atom stereocenters. The van der Waals surface area contributed by atoms with Gasteiger partial charge in [-0.1, -0.05) is 23.2 Å². The van der Waals surface area contributed by atoms with Crippen molar-refractivity contribution in [2.24, 2.45) is 0 Å². The molecule has 100 valence electrons. The van der Waals surface area contributed by atoms with Crippen LogP contribution in [0.4, 0.5) is 5.82 Å². The number of thioether (sulfide) groups is 1. The number of anilines is 1. The lowest BCUT2D eigenvalue weighted by Crippen LogP contribution is -2.39. The number of ether oxygens (including phenoxy) is 1. The molecule has 2 rings (SSSR count). The summed E-state index contributed by atoms with van der Waals surface area (Å²) in [5.41, 5.74) is 0. The van der Waals surface area contributed by atoms with E-state index >= 15 is 0 Å². The third-order valence-corrected chi connectivity index (χ3v) is 5.14. The molecule has 0 saturated carbocycles. The van der Waals surface area contributed by atoms with Gasteiger partial charge in [0, 0.05) is 30.7 Å². The van der Waals surface area contributed by atoms with Crippen molar-refractivity contribution in [2.75, 3.05) is 31.3 Å². The van der Waals surface area contributed by atoms with Crippen LogP contribution in [0.25, 0.3) is 0 Å². The predicted octanol–water partition coefficient (Wildman–Crippen LogP) is 3.71. The molecule has 0 aliphatic carbocycles. The van der Waals surface area contributed by atoms with Crippen LogP contribution in [0.15, 0.2) is 12.3 Å². The van der Waals surface area contributed by atoms with E-state index in [-0.39, 0.29) is 4.75 Å². The average molecular weight is 307 g/mol. The Bertz CT molecular complexity index is 411. The first-order valence-electron chi connectivity index (χ1n) is 5.83. The van der Waals surface area contributed by atoms with Gasteiger partial charge in [0.05, 0.1) is 10.0 Å². The van der Waals surface area contributed by atoms with E-state index in [1.54, 1.807) is 12.3 Å². The fourth-order valence-electron chi connectivity index (χ4n) is 1.99. The fraction of sp³-hybridized carbons (Fsp3) is 0.583. The van der Waals surface area contributed by atoms with Gasteiger partial charge in [-0.2, -0.15) is 11.8 Å². The monoisotopic (exact) mass is 306 g/mol. The first-order chi connectivity index (χ1) is 8.65. The topological polar surface area (TPSA) is 34.2 Å². The lowest BCUT2D eigenvalue weighted by atomic mass is 9.99. The number of pyridine rings is 1. The summed E-state index contributed by atoms with van der Waals surface area (Å²) in [5, 5.41) is 4.44. The Morgan fingerprint density at radius 1 is 1.44 bits per heavy atom. The first-order valence-corrected chi connectivity index (χ1v) is 7.81. The zero-order valence-corrected chi connectivity index (χ0v) is 12.5. The second-order valence-electron chi connectivity index (χ2n) is 4.34. The summed E-state index contributed by atoms with van der Waals surface area (Å²) >= 11 is 13.8. The van der Waals surface area contributed by atoms with Crippen LogP contribution in [0.5, 0.6) is 0 Å². The second kappa shape index (κ2) is 6.33. The average Bonchev–Trinajstić information content (AvgIpc) is 2.39. The van der Waals surface area contributed by atoms with E-state index in [1.807, 2.05) is 11.8 Å². The normalized spacial score (nSPS) is 18.6. The van der Waals surface area contributed by atoms with Crippen molar-refractivity contribution in [3.05, 3.63) is 22.3 Å². The SMILES string of the molecule is CSC1(CNc2ncc(Cl)cc2Cl)CCOCC1. The molecule has 0 amide bonds. The minimum Gasteiger partial charge on any atom is -0.381 e. The summed E-state index contributed by atoms with van der Waals surface area (Å²) < 4.78 is 5.63. The van der Waals surface area contributed by atoms with Crippen molar-refractivity contribution in [3.8, 4) is 0 Å². The number of nitrogens with one attached hydrogen (secondary N) is 1. The Labute approximate surface area is 122 Å². The van der Waals surface area contributed by atoms with E-state index in [4.69, 9.17) is 27.9 Å². The van der Waals surface area contributed by atoms with Gasteiger partial charge in [0.1, 0.15) is 5.82 Å². The van der Waals surface area contributed by atoms with Gasteiger partial charge >= 0.3 is 0 Å². The standard InChI is InChI=1S/C12H16Cl2N2OS/c1-18-12(2-4-17-5-3-12)8-16-11-10(14)6-9(13)7-15-11/h6-7H,2-5,8H2,1H3,(H,15,16). The van der Waals surface area contributed by atoms with Gasteiger partial charge in [0.25, 0.3) is 0 Å². The van der Waals surface area contributed by atoms with Gasteiger partial charge in [0.15, 0.2) is 0 Å². The van der Waals surface area contributed by atoms with Crippen LogP contribution in [-0.4, -0.2) is 35.7 Å². The van der Waals surface area contributed by atoms with Crippen LogP contribution in [0, 0.1) is 0 Å². The lowest BCUT2D eigenvalue weighted by Gasteiger charge is -2.35. The van der Waals surface area contributed by atoms with Crippen LogP contribution in [0.3, 0.4) is 0 Å². The molecule has 3 nitrogen and oxygen atoms in total. The summed E-state index contributed by atoms with van der Waals surface area (Å²) in [6.07, 6.45) is 5.84. The van der Waals surface area contributed by atoms with E-state index < -0.39 is 0 Å². The van der Waals surface area contributed by atoms with Gasteiger partial charge in [-0.3, -0.25) is 0 Å². The van der Waals surface area contributed by atoms with Gasteiger partial charge < -0.3 is 10.1 Å². The second-order valence-corrected chi connectivity index (χ2v) is 6.45. The first kappa shape index (κ1) is 14.3. The van der Waals surface area contributed by atoms with E-state index in [2.05, 4.69) is 16.6 Å². The highest BCUT2D eigenvalue weighted by Crippen LogP contribution is 2.34. The molecule has 0 spiro atoms. The molecule has 0 aromatic carbocycles. The van der Waals surface area contributed by atoms with Crippen molar-refractivity contribution < 1.29 is 4.74 Å². The fourth-order valence-corrected chi connectivity index (χ4v) is 3.22. The Morgan fingerprint density at radius 2 is 2.17 bits per heavy atom. The molecule has 2 heterocycles. The van der Waals surface area contributed by atoms with Gasteiger partial charge in [0.2, 0.25) is 0 Å². The molecule has 1 saturated heterocycles. The minimum atomic E-state index is 0.211. The molecule has 6 heteroatoms. The smallest absolute Gasteiger partial charge is 0.144 e. The minimum absolute atomic E-state index is 0.211. The number of nitrogens with zero attached hydrogens (tertiary/aromatic N) is 1. The third kappa shape index (κ3) is 3.44. The highest BCUT2D eigenvalue weighted by Gasteiger charge is 2.31. The maximum Gasteiger partial charge on any atom is 0.144 e. The number of rotatable bonds is 4. The Hall–Kier alpha value is -0.160. The molecule has 0 bridgehead atoms. The lowest BCUT2D eigenvalue weighted by molar-refractivity contribution is 0.0802. The quantitative estimate of drug-likeness (QED) is 0.919. The van der Waals surface area contributed by atoms with E-state index in [9.17, 15) is 0 Å². The Balaban J connectivity index is 2.01. The predicted molar refractivity (Wildman–Crippen MR) is 79.0 cm³/mol. The highest BCUT2D eigenvalue weighted by molar-refractivity contribution is 8.00. The molecule has 1 N–H and O–H groups in total. The summed E-state index contributed by atoms with van der Waals surface area (Å²) in [6.45, 7) is 2.49. The number of hydrogen-bond acceptors (Lipinski definition) is 4. The van der Waals surface area contributed by atoms with Gasteiger partial charge in [-0.15, -0.1) is 0 Å². The Kier molecular flexibility index (Phi) is 5.01. The summed E-state index contributed by atoms with van der Waals surface area (Å²) in [5.74, 6) is 0.695.